The number of allylic oxidation sites excluding steroid dienone is 1. The van der Waals surface area contributed by atoms with Crippen LogP contribution in [0.15, 0.2) is 30.0 Å². The van der Waals surface area contributed by atoms with Gasteiger partial charge in [-0.1, -0.05) is 17.7 Å². The molecule has 0 saturated heterocycles. The summed E-state index contributed by atoms with van der Waals surface area (Å²) in [5.74, 6) is 0.724. The van der Waals surface area contributed by atoms with Crippen LogP contribution in [-0.2, 0) is 0 Å². The average Bonchev–Trinajstić information content (AvgIpc) is 2.82. The second kappa shape index (κ2) is 5.43. The molecule has 0 saturated carbocycles. The van der Waals surface area contributed by atoms with Crippen molar-refractivity contribution in [2.24, 2.45) is 0 Å². The summed E-state index contributed by atoms with van der Waals surface area (Å²) >= 11 is 0. The molecule has 0 spiro atoms. The van der Waals surface area contributed by atoms with Gasteiger partial charge in [0.1, 0.15) is 0 Å². The van der Waals surface area contributed by atoms with Gasteiger partial charge >= 0.3 is 0 Å². The Kier molecular flexibility index (Phi) is 3.49. The van der Waals surface area contributed by atoms with Crippen LogP contribution in [0.4, 0.5) is 5.95 Å². The van der Waals surface area contributed by atoms with E-state index in [1.54, 1.807) is 5.57 Å². The van der Waals surface area contributed by atoms with Crippen molar-refractivity contribution in [2.75, 3.05) is 11.9 Å². The minimum Gasteiger partial charge on any atom is -0.353 e. The van der Waals surface area contributed by atoms with Crippen molar-refractivity contribution >= 4 is 11.6 Å². The largest absolute Gasteiger partial charge is 0.353 e. The van der Waals surface area contributed by atoms with Gasteiger partial charge in [0.15, 0.2) is 5.65 Å². The van der Waals surface area contributed by atoms with Crippen molar-refractivity contribution in [3.8, 4) is 0 Å². The predicted molar refractivity (Wildman–Crippen MR) is 77.4 cm³/mol. The first-order chi connectivity index (χ1) is 9.31. The highest BCUT2D eigenvalue weighted by molar-refractivity contribution is 5.44. The molecule has 19 heavy (non-hydrogen) atoms. The first kappa shape index (κ1) is 12.2. The predicted octanol–water partition coefficient (Wildman–Crippen LogP) is 3.34. The molecule has 4 nitrogen and oxygen atoms in total. The van der Waals surface area contributed by atoms with E-state index >= 15 is 0 Å². The SMILES string of the molecule is Cc1ccc2nc(NCCC3=CCCCC3)nn2c1. The highest BCUT2D eigenvalue weighted by Crippen LogP contribution is 2.19. The second-order valence-electron chi connectivity index (χ2n) is 5.23. The fourth-order valence-electron chi connectivity index (χ4n) is 2.53. The molecule has 0 radical (unpaired) electrons. The molecule has 2 heterocycles. The highest BCUT2D eigenvalue weighted by Gasteiger charge is 2.05. The van der Waals surface area contributed by atoms with Crippen molar-refractivity contribution < 1.29 is 0 Å². The van der Waals surface area contributed by atoms with Gasteiger partial charge in [-0.05, 0) is 50.7 Å². The fraction of sp³-hybridized carbons (Fsp3) is 0.467. The molecule has 3 rings (SSSR count). The Bertz CT molecular complexity index is 597. The lowest BCUT2D eigenvalue weighted by molar-refractivity contribution is 0.679. The lowest BCUT2D eigenvalue weighted by Gasteiger charge is -2.12. The van der Waals surface area contributed by atoms with Gasteiger partial charge in [0.05, 0.1) is 0 Å². The van der Waals surface area contributed by atoms with Crippen molar-refractivity contribution in [3.63, 3.8) is 0 Å². The van der Waals surface area contributed by atoms with E-state index in [1.165, 1.54) is 31.2 Å². The van der Waals surface area contributed by atoms with Crippen LogP contribution in [0.25, 0.3) is 5.65 Å². The van der Waals surface area contributed by atoms with Crippen molar-refractivity contribution in [2.45, 2.75) is 39.0 Å². The molecular formula is C15H20N4. The third-order valence-electron chi connectivity index (χ3n) is 3.59. The molecule has 0 aliphatic heterocycles. The third kappa shape index (κ3) is 2.95. The van der Waals surface area contributed by atoms with Gasteiger partial charge in [-0.25, -0.2) is 4.52 Å². The molecule has 0 fully saturated rings. The van der Waals surface area contributed by atoms with Gasteiger partial charge in [-0.15, -0.1) is 5.10 Å². The number of pyridine rings is 1. The van der Waals surface area contributed by atoms with E-state index in [-0.39, 0.29) is 0 Å². The van der Waals surface area contributed by atoms with Gasteiger partial charge in [-0.2, -0.15) is 4.98 Å². The molecule has 0 amide bonds. The number of hydrogen-bond acceptors (Lipinski definition) is 3. The third-order valence-corrected chi connectivity index (χ3v) is 3.59. The van der Waals surface area contributed by atoms with Gasteiger partial charge in [-0.3, -0.25) is 0 Å². The molecule has 1 aliphatic carbocycles. The number of rotatable bonds is 4. The van der Waals surface area contributed by atoms with E-state index in [0.717, 1.165) is 24.6 Å². The number of hydrogen-bond donors (Lipinski definition) is 1. The summed E-state index contributed by atoms with van der Waals surface area (Å²) in [5, 5.41) is 7.75. The Hall–Kier alpha value is -1.84. The van der Waals surface area contributed by atoms with E-state index in [4.69, 9.17) is 0 Å². The van der Waals surface area contributed by atoms with Crippen LogP contribution in [0.1, 0.15) is 37.7 Å². The maximum absolute atomic E-state index is 4.46. The number of nitrogens with one attached hydrogen (secondary N) is 1. The van der Waals surface area contributed by atoms with E-state index in [2.05, 4.69) is 34.5 Å². The fourth-order valence-corrected chi connectivity index (χ4v) is 2.53. The molecule has 2 aromatic heterocycles. The molecule has 2 aromatic rings. The minimum absolute atomic E-state index is 0.724. The zero-order valence-electron chi connectivity index (χ0n) is 11.4. The molecule has 0 aromatic carbocycles. The van der Waals surface area contributed by atoms with Gasteiger partial charge in [0.2, 0.25) is 5.95 Å². The Morgan fingerprint density at radius 1 is 1.32 bits per heavy atom. The maximum atomic E-state index is 4.46. The van der Waals surface area contributed by atoms with E-state index in [9.17, 15) is 0 Å². The molecular weight excluding hydrogens is 236 g/mol. The van der Waals surface area contributed by atoms with Crippen LogP contribution in [0.5, 0.6) is 0 Å². The number of nitrogens with zero attached hydrogens (tertiary/aromatic N) is 3. The number of aromatic nitrogens is 3. The summed E-state index contributed by atoms with van der Waals surface area (Å²) in [6, 6.07) is 4.05. The van der Waals surface area contributed by atoms with E-state index in [1.807, 2.05) is 16.8 Å². The second-order valence-corrected chi connectivity index (χ2v) is 5.23. The van der Waals surface area contributed by atoms with Crippen LogP contribution >= 0.6 is 0 Å². The van der Waals surface area contributed by atoms with Gasteiger partial charge in [0.25, 0.3) is 0 Å². The number of aryl methyl sites for hydroxylation is 1. The zero-order valence-corrected chi connectivity index (χ0v) is 11.4. The monoisotopic (exact) mass is 256 g/mol. The summed E-state index contributed by atoms with van der Waals surface area (Å²) in [6.45, 7) is 2.98. The van der Waals surface area contributed by atoms with Crippen molar-refractivity contribution in [3.05, 3.63) is 35.5 Å². The normalized spacial score (nSPS) is 15.5. The summed E-state index contributed by atoms with van der Waals surface area (Å²) in [4.78, 5) is 4.46. The van der Waals surface area contributed by atoms with Crippen molar-refractivity contribution in [1.29, 1.82) is 0 Å². The molecule has 4 heteroatoms. The standard InChI is InChI=1S/C15H20N4/c1-12-7-8-14-17-15(18-19(14)11-12)16-10-9-13-5-3-2-4-6-13/h5,7-8,11H,2-4,6,9-10H2,1H3,(H,16,18). The van der Waals surface area contributed by atoms with Gasteiger partial charge < -0.3 is 5.32 Å². The number of fused-ring (bicyclic) bond motifs is 1. The van der Waals surface area contributed by atoms with Gasteiger partial charge in [0, 0.05) is 12.7 Å². The maximum Gasteiger partial charge on any atom is 0.243 e. The van der Waals surface area contributed by atoms with Crippen LogP contribution in [0.2, 0.25) is 0 Å². The Morgan fingerprint density at radius 2 is 2.26 bits per heavy atom. The van der Waals surface area contributed by atoms with Crippen LogP contribution in [0.3, 0.4) is 0 Å². The topological polar surface area (TPSA) is 42.2 Å². The first-order valence-corrected chi connectivity index (χ1v) is 7.06. The quantitative estimate of drug-likeness (QED) is 0.853. The van der Waals surface area contributed by atoms with E-state index < -0.39 is 0 Å². The molecule has 0 unspecified atom stereocenters. The smallest absolute Gasteiger partial charge is 0.243 e. The minimum atomic E-state index is 0.724. The molecule has 0 atom stereocenters. The molecule has 0 bridgehead atoms. The zero-order chi connectivity index (χ0) is 13.1. The molecule has 100 valence electrons. The molecule has 1 N–H and O–H groups in total. The summed E-state index contributed by atoms with van der Waals surface area (Å²) in [7, 11) is 0. The summed E-state index contributed by atoms with van der Waals surface area (Å²) < 4.78 is 1.83. The van der Waals surface area contributed by atoms with E-state index in [0.29, 0.717) is 0 Å². The van der Waals surface area contributed by atoms with Crippen LogP contribution < -0.4 is 5.32 Å². The average molecular weight is 256 g/mol. The summed E-state index contributed by atoms with van der Waals surface area (Å²) in [6.07, 6.45) is 10.7. The lowest BCUT2D eigenvalue weighted by atomic mass is 9.97. The van der Waals surface area contributed by atoms with Crippen molar-refractivity contribution in [1.82, 2.24) is 14.6 Å². The van der Waals surface area contributed by atoms with Crippen LogP contribution in [0, 0.1) is 6.92 Å². The summed E-state index contributed by atoms with van der Waals surface area (Å²) in [5.41, 5.74) is 3.67. The highest BCUT2D eigenvalue weighted by atomic mass is 15.3. The lowest BCUT2D eigenvalue weighted by Crippen LogP contribution is -2.05. The Labute approximate surface area is 113 Å². The van der Waals surface area contributed by atoms with Crippen LogP contribution in [-0.4, -0.2) is 21.1 Å². The first-order valence-electron chi connectivity index (χ1n) is 7.06. The Morgan fingerprint density at radius 3 is 3.11 bits per heavy atom. The Balaban J connectivity index is 1.60. The number of anilines is 1. The molecule has 1 aliphatic rings.